The SMILES string of the molecule is CC(C)NC(C)c1ccc(CN2CCc3cc(OC4CCC4)ccc3C2)cc1. The molecule has 0 bridgehead atoms. The monoisotopic (exact) mass is 378 g/mol. The van der Waals surface area contributed by atoms with Crippen molar-refractivity contribution in [2.45, 2.75) is 77.7 Å². The van der Waals surface area contributed by atoms with Crippen molar-refractivity contribution in [2.75, 3.05) is 6.54 Å². The molecule has 2 aromatic rings. The van der Waals surface area contributed by atoms with Crippen LogP contribution in [0.25, 0.3) is 0 Å². The Kier molecular flexibility index (Phi) is 6.03. The van der Waals surface area contributed by atoms with Crippen molar-refractivity contribution in [1.82, 2.24) is 10.2 Å². The first-order valence-corrected chi connectivity index (χ1v) is 10.9. The summed E-state index contributed by atoms with van der Waals surface area (Å²) in [6.45, 7) is 9.80. The van der Waals surface area contributed by atoms with Crippen LogP contribution in [0.4, 0.5) is 0 Å². The highest BCUT2D eigenvalue weighted by Crippen LogP contribution is 2.29. The van der Waals surface area contributed by atoms with Crippen LogP contribution in [-0.4, -0.2) is 23.6 Å². The van der Waals surface area contributed by atoms with E-state index in [0.717, 1.165) is 31.8 Å². The van der Waals surface area contributed by atoms with Gasteiger partial charge in [0.1, 0.15) is 5.75 Å². The molecule has 0 aromatic heterocycles. The van der Waals surface area contributed by atoms with Gasteiger partial charge in [0, 0.05) is 31.7 Å². The molecule has 150 valence electrons. The second-order valence-electron chi connectivity index (χ2n) is 8.85. The third-order valence-corrected chi connectivity index (χ3v) is 6.09. The fraction of sp³-hybridized carbons (Fsp3) is 0.520. The number of hydrogen-bond donors (Lipinski definition) is 1. The first kappa shape index (κ1) is 19.5. The lowest BCUT2D eigenvalue weighted by molar-refractivity contribution is 0.120. The molecule has 2 aromatic carbocycles. The van der Waals surface area contributed by atoms with Gasteiger partial charge in [0.15, 0.2) is 0 Å². The highest BCUT2D eigenvalue weighted by molar-refractivity contribution is 5.37. The molecule has 1 N–H and O–H groups in total. The number of nitrogens with zero attached hydrogens (tertiary/aromatic N) is 1. The normalized spacial score (nSPS) is 18.6. The van der Waals surface area contributed by atoms with E-state index in [1.165, 1.54) is 41.5 Å². The van der Waals surface area contributed by atoms with Crippen LogP contribution < -0.4 is 10.1 Å². The predicted molar refractivity (Wildman–Crippen MR) is 116 cm³/mol. The molecule has 28 heavy (non-hydrogen) atoms. The van der Waals surface area contributed by atoms with Crippen LogP contribution in [0.2, 0.25) is 0 Å². The zero-order chi connectivity index (χ0) is 19.5. The molecule has 1 aliphatic heterocycles. The van der Waals surface area contributed by atoms with Crippen LogP contribution in [0.5, 0.6) is 5.75 Å². The molecule has 0 amide bonds. The van der Waals surface area contributed by atoms with E-state index in [1.54, 1.807) is 0 Å². The first-order chi connectivity index (χ1) is 13.6. The molecule has 4 rings (SSSR count). The van der Waals surface area contributed by atoms with Crippen molar-refractivity contribution in [3.63, 3.8) is 0 Å². The Labute approximate surface area is 170 Å². The molecule has 3 heteroatoms. The predicted octanol–water partition coefficient (Wildman–Crippen LogP) is 5.24. The van der Waals surface area contributed by atoms with Gasteiger partial charge in [-0.05, 0) is 67.0 Å². The van der Waals surface area contributed by atoms with Gasteiger partial charge in [0.25, 0.3) is 0 Å². The van der Waals surface area contributed by atoms with Gasteiger partial charge < -0.3 is 10.1 Å². The molecule has 1 heterocycles. The van der Waals surface area contributed by atoms with Gasteiger partial charge in [-0.15, -0.1) is 0 Å². The molecule has 0 saturated heterocycles. The van der Waals surface area contributed by atoms with E-state index in [4.69, 9.17) is 4.74 Å². The van der Waals surface area contributed by atoms with Crippen molar-refractivity contribution in [2.24, 2.45) is 0 Å². The maximum Gasteiger partial charge on any atom is 0.120 e. The molecule has 1 saturated carbocycles. The average molecular weight is 379 g/mol. The summed E-state index contributed by atoms with van der Waals surface area (Å²) in [5, 5.41) is 3.57. The Hall–Kier alpha value is -1.84. The molecule has 0 spiro atoms. The smallest absolute Gasteiger partial charge is 0.120 e. The molecule has 1 unspecified atom stereocenters. The van der Waals surface area contributed by atoms with Crippen molar-refractivity contribution in [3.8, 4) is 5.75 Å². The quantitative estimate of drug-likeness (QED) is 0.713. The van der Waals surface area contributed by atoms with Crippen molar-refractivity contribution in [3.05, 3.63) is 64.7 Å². The molecule has 0 radical (unpaired) electrons. The van der Waals surface area contributed by atoms with E-state index >= 15 is 0 Å². The maximum atomic E-state index is 6.07. The summed E-state index contributed by atoms with van der Waals surface area (Å²) in [6, 6.07) is 16.8. The van der Waals surface area contributed by atoms with E-state index in [2.05, 4.69) is 73.5 Å². The fourth-order valence-electron chi connectivity index (χ4n) is 4.24. The Morgan fingerprint density at radius 3 is 2.50 bits per heavy atom. The minimum absolute atomic E-state index is 0.396. The number of ether oxygens (including phenoxy) is 1. The summed E-state index contributed by atoms with van der Waals surface area (Å²) in [4.78, 5) is 2.56. The molecule has 1 aliphatic carbocycles. The number of fused-ring (bicyclic) bond motifs is 1. The second-order valence-corrected chi connectivity index (χ2v) is 8.85. The zero-order valence-corrected chi connectivity index (χ0v) is 17.6. The number of hydrogen-bond acceptors (Lipinski definition) is 3. The number of rotatable bonds is 7. The van der Waals surface area contributed by atoms with Crippen LogP contribution in [0.1, 0.15) is 68.3 Å². The summed E-state index contributed by atoms with van der Waals surface area (Å²) >= 11 is 0. The second kappa shape index (κ2) is 8.67. The molecule has 1 atom stereocenters. The highest BCUT2D eigenvalue weighted by atomic mass is 16.5. The zero-order valence-electron chi connectivity index (χ0n) is 17.6. The van der Waals surface area contributed by atoms with Gasteiger partial charge in [0.2, 0.25) is 0 Å². The Morgan fingerprint density at radius 2 is 1.82 bits per heavy atom. The van der Waals surface area contributed by atoms with Crippen LogP contribution in [-0.2, 0) is 19.5 Å². The van der Waals surface area contributed by atoms with E-state index in [1.807, 2.05) is 0 Å². The molecular weight excluding hydrogens is 344 g/mol. The molecule has 2 aliphatic rings. The minimum atomic E-state index is 0.396. The molecular formula is C25H34N2O. The largest absolute Gasteiger partial charge is 0.490 e. The van der Waals surface area contributed by atoms with Crippen LogP contribution in [0.15, 0.2) is 42.5 Å². The van der Waals surface area contributed by atoms with Gasteiger partial charge in [0.05, 0.1) is 6.10 Å². The lowest BCUT2D eigenvalue weighted by atomic mass is 9.95. The van der Waals surface area contributed by atoms with Gasteiger partial charge in [-0.25, -0.2) is 0 Å². The lowest BCUT2D eigenvalue weighted by Gasteiger charge is -2.30. The molecule has 3 nitrogen and oxygen atoms in total. The van der Waals surface area contributed by atoms with Crippen molar-refractivity contribution < 1.29 is 4.74 Å². The standard InChI is InChI=1S/C25H34N2O/c1-18(2)26-19(3)21-9-7-20(8-10-21)16-27-14-13-22-15-25(12-11-23(22)17-27)28-24-5-4-6-24/h7-12,15,18-19,24,26H,4-6,13-14,16-17H2,1-3H3. The molecule has 1 fully saturated rings. The topological polar surface area (TPSA) is 24.5 Å². The minimum Gasteiger partial charge on any atom is -0.490 e. The van der Waals surface area contributed by atoms with E-state index < -0.39 is 0 Å². The highest BCUT2D eigenvalue weighted by Gasteiger charge is 2.21. The van der Waals surface area contributed by atoms with Gasteiger partial charge in [-0.2, -0.15) is 0 Å². The van der Waals surface area contributed by atoms with Gasteiger partial charge in [-0.3, -0.25) is 4.90 Å². The Balaban J connectivity index is 1.34. The van der Waals surface area contributed by atoms with Gasteiger partial charge in [-0.1, -0.05) is 44.2 Å². The number of benzene rings is 2. The van der Waals surface area contributed by atoms with Crippen LogP contribution in [0.3, 0.4) is 0 Å². The summed E-state index contributed by atoms with van der Waals surface area (Å²) in [5.74, 6) is 1.07. The lowest BCUT2D eigenvalue weighted by Crippen LogP contribution is -2.30. The average Bonchev–Trinajstić information content (AvgIpc) is 2.65. The van der Waals surface area contributed by atoms with Crippen LogP contribution >= 0.6 is 0 Å². The van der Waals surface area contributed by atoms with Crippen LogP contribution in [0, 0.1) is 0 Å². The van der Waals surface area contributed by atoms with E-state index in [-0.39, 0.29) is 0 Å². The van der Waals surface area contributed by atoms with E-state index in [0.29, 0.717) is 18.2 Å². The number of nitrogens with one attached hydrogen (secondary N) is 1. The van der Waals surface area contributed by atoms with Gasteiger partial charge >= 0.3 is 0 Å². The first-order valence-electron chi connectivity index (χ1n) is 10.9. The summed E-state index contributed by atoms with van der Waals surface area (Å²) < 4.78 is 6.07. The third-order valence-electron chi connectivity index (χ3n) is 6.09. The van der Waals surface area contributed by atoms with Crippen molar-refractivity contribution in [1.29, 1.82) is 0 Å². The van der Waals surface area contributed by atoms with Crippen molar-refractivity contribution >= 4 is 0 Å². The Morgan fingerprint density at radius 1 is 1.04 bits per heavy atom. The van der Waals surface area contributed by atoms with E-state index in [9.17, 15) is 0 Å². The summed E-state index contributed by atoms with van der Waals surface area (Å²) in [7, 11) is 0. The summed E-state index contributed by atoms with van der Waals surface area (Å²) in [5.41, 5.74) is 5.69. The third kappa shape index (κ3) is 4.76. The maximum absolute atomic E-state index is 6.07. The summed E-state index contributed by atoms with van der Waals surface area (Å²) in [6.07, 6.45) is 5.33. The fourth-order valence-corrected chi connectivity index (χ4v) is 4.24. The Bertz CT molecular complexity index is 780.